The average Bonchev–Trinajstić information content (AvgIpc) is 2.24. The molecule has 0 aromatic carbocycles. The van der Waals surface area contributed by atoms with E-state index in [9.17, 15) is 0 Å². The maximum atomic E-state index is 5.39. The van der Waals surface area contributed by atoms with Gasteiger partial charge in [-0.25, -0.2) is 0 Å². The highest BCUT2D eigenvalue weighted by Crippen LogP contribution is 2.28. The van der Waals surface area contributed by atoms with Gasteiger partial charge < -0.3 is 10.1 Å². The first-order valence-electron chi connectivity index (χ1n) is 6.04. The van der Waals surface area contributed by atoms with E-state index in [-0.39, 0.29) is 0 Å². The molecule has 0 radical (unpaired) electrons. The number of unbranched alkanes of at least 4 members (excludes halogenated alkanes) is 1. The van der Waals surface area contributed by atoms with Crippen LogP contribution in [0.1, 0.15) is 32.6 Å². The highest BCUT2D eigenvalue weighted by Gasteiger charge is 2.26. The van der Waals surface area contributed by atoms with Crippen molar-refractivity contribution >= 4 is 11.8 Å². The zero-order valence-electron chi connectivity index (χ0n) is 10.2. The lowest BCUT2D eigenvalue weighted by Gasteiger charge is -2.33. The maximum Gasteiger partial charge on any atom is 0.0471 e. The van der Waals surface area contributed by atoms with Gasteiger partial charge in [0.2, 0.25) is 0 Å². The molecule has 2 nitrogen and oxygen atoms in total. The van der Waals surface area contributed by atoms with Crippen molar-refractivity contribution in [3.8, 4) is 0 Å². The second-order valence-corrected chi connectivity index (χ2v) is 5.79. The van der Waals surface area contributed by atoms with E-state index in [0.717, 1.165) is 19.8 Å². The lowest BCUT2D eigenvalue weighted by atomic mass is 9.82. The van der Waals surface area contributed by atoms with Gasteiger partial charge in [0.1, 0.15) is 0 Å². The van der Waals surface area contributed by atoms with Crippen LogP contribution in [-0.2, 0) is 4.74 Å². The van der Waals surface area contributed by atoms with Gasteiger partial charge in [0.15, 0.2) is 0 Å². The molecular weight excluding hydrogens is 206 g/mol. The van der Waals surface area contributed by atoms with Gasteiger partial charge in [0, 0.05) is 19.8 Å². The lowest BCUT2D eigenvalue weighted by molar-refractivity contribution is 0.0242. The van der Waals surface area contributed by atoms with Gasteiger partial charge in [-0.15, -0.1) is 0 Å². The Kier molecular flexibility index (Phi) is 6.69. The Labute approximate surface area is 98.5 Å². The molecule has 0 saturated carbocycles. The third-order valence-electron chi connectivity index (χ3n) is 3.20. The second-order valence-electron chi connectivity index (χ2n) is 4.80. The monoisotopic (exact) mass is 231 g/mol. The molecule has 0 amide bonds. The van der Waals surface area contributed by atoms with Crippen molar-refractivity contribution < 1.29 is 4.74 Å². The summed E-state index contributed by atoms with van der Waals surface area (Å²) in [4.78, 5) is 0. The van der Waals surface area contributed by atoms with Gasteiger partial charge in [0.05, 0.1) is 0 Å². The molecule has 1 aliphatic heterocycles. The molecule has 1 saturated heterocycles. The Morgan fingerprint density at radius 3 is 2.67 bits per heavy atom. The Balaban J connectivity index is 1.98. The maximum absolute atomic E-state index is 5.39. The number of ether oxygens (including phenoxy) is 1. The van der Waals surface area contributed by atoms with E-state index >= 15 is 0 Å². The topological polar surface area (TPSA) is 21.3 Å². The average molecular weight is 231 g/mol. The molecule has 90 valence electrons. The summed E-state index contributed by atoms with van der Waals surface area (Å²) in [5.74, 6) is 1.30. The molecule has 0 spiro atoms. The SMILES string of the molecule is CSCCCCNCC1(C)CCOCC1. The van der Waals surface area contributed by atoms with Crippen molar-refractivity contribution in [1.29, 1.82) is 0 Å². The highest BCUT2D eigenvalue weighted by atomic mass is 32.2. The van der Waals surface area contributed by atoms with E-state index in [1.807, 2.05) is 11.8 Å². The molecule has 0 aliphatic carbocycles. The summed E-state index contributed by atoms with van der Waals surface area (Å²) < 4.78 is 5.39. The van der Waals surface area contributed by atoms with Crippen LogP contribution in [0, 0.1) is 5.41 Å². The number of nitrogens with one attached hydrogen (secondary N) is 1. The highest BCUT2D eigenvalue weighted by molar-refractivity contribution is 7.98. The van der Waals surface area contributed by atoms with E-state index < -0.39 is 0 Å². The summed E-state index contributed by atoms with van der Waals surface area (Å²) in [6.07, 6.45) is 7.26. The molecule has 1 aliphatic rings. The minimum Gasteiger partial charge on any atom is -0.381 e. The fourth-order valence-corrected chi connectivity index (χ4v) is 2.42. The molecule has 0 unspecified atom stereocenters. The minimum atomic E-state index is 0.484. The molecular formula is C12H25NOS. The Hall–Kier alpha value is 0.270. The fraction of sp³-hybridized carbons (Fsp3) is 1.00. The molecule has 0 atom stereocenters. The normalized spacial score (nSPS) is 20.4. The van der Waals surface area contributed by atoms with Crippen molar-refractivity contribution in [3.05, 3.63) is 0 Å². The van der Waals surface area contributed by atoms with Gasteiger partial charge in [-0.1, -0.05) is 6.92 Å². The van der Waals surface area contributed by atoms with Crippen LogP contribution in [0.5, 0.6) is 0 Å². The summed E-state index contributed by atoms with van der Waals surface area (Å²) in [6.45, 7) is 6.62. The minimum absolute atomic E-state index is 0.484. The molecule has 1 rings (SSSR count). The van der Waals surface area contributed by atoms with Crippen LogP contribution in [0.3, 0.4) is 0 Å². The van der Waals surface area contributed by atoms with E-state index in [2.05, 4.69) is 18.5 Å². The number of thioether (sulfide) groups is 1. The van der Waals surface area contributed by atoms with Crippen LogP contribution >= 0.6 is 11.8 Å². The second kappa shape index (κ2) is 7.53. The first kappa shape index (κ1) is 13.3. The van der Waals surface area contributed by atoms with Crippen molar-refractivity contribution in [2.45, 2.75) is 32.6 Å². The number of hydrogen-bond acceptors (Lipinski definition) is 3. The molecule has 15 heavy (non-hydrogen) atoms. The van der Waals surface area contributed by atoms with Crippen molar-refractivity contribution in [1.82, 2.24) is 5.32 Å². The van der Waals surface area contributed by atoms with Gasteiger partial charge in [0.25, 0.3) is 0 Å². The standard InChI is InChI=1S/C12H25NOS/c1-12(5-8-14-9-6-12)11-13-7-3-4-10-15-2/h13H,3-11H2,1-2H3. The number of rotatable bonds is 7. The summed E-state index contributed by atoms with van der Waals surface area (Å²) in [7, 11) is 0. The third-order valence-corrected chi connectivity index (χ3v) is 3.90. The summed E-state index contributed by atoms with van der Waals surface area (Å²) in [6, 6.07) is 0. The first-order valence-corrected chi connectivity index (χ1v) is 7.44. The smallest absolute Gasteiger partial charge is 0.0471 e. The van der Waals surface area contributed by atoms with Gasteiger partial charge in [-0.2, -0.15) is 11.8 Å². The Morgan fingerprint density at radius 2 is 2.00 bits per heavy atom. The zero-order valence-corrected chi connectivity index (χ0v) is 11.0. The van der Waals surface area contributed by atoms with Gasteiger partial charge in [-0.05, 0) is 49.7 Å². The molecule has 1 heterocycles. The van der Waals surface area contributed by atoms with Gasteiger partial charge >= 0.3 is 0 Å². The van der Waals surface area contributed by atoms with Crippen LogP contribution in [0.2, 0.25) is 0 Å². The first-order chi connectivity index (χ1) is 7.27. The molecule has 1 fully saturated rings. The van der Waals surface area contributed by atoms with Crippen LogP contribution in [0.25, 0.3) is 0 Å². The van der Waals surface area contributed by atoms with E-state index in [4.69, 9.17) is 4.74 Å². The predicted molar refractivity (Wildman–Crippen MR) is 68.6 cm³/mol. The van der Waals surface area contributed by atoms with Crippen molar-refractivity contribution in [2.75, 3.05) is 38.3 Å². The van der Waals surface area contributed by atoms with E-state index in [1.165, 1.54) is 38.0 Å². The third kappa shape index (κ3) is 5.79. The zero-order chi connectivity index (χ0) is 11.0. The molecule has 0 bridgehead atoms. The van der Waals surface area contributed by atoms with Gasteiger partial charge in [-0.3, -0.25) is 0 Å². The predicted octanol–water partition coefficient (Wildman–Crippen LogP) is 2.54. The molecule has 1 N–H and O–H groups in total. The summed E-state index contributed by atoms with van der Waals surface area (Å²) in [5, 5.41) is 3.59. The fourth-order valence-electron chi connectivity index (χ4n) is 1.93. The van der Waals surface area contributed by atoms with E-state index in [1.54, 1.807) is 0 Å². The van der Waals surface area contributed by atoms with Crippen molar-refractivity contribution in [2.24, 2.45) is 5.41 Å². The summed E-state index contributed by atoms with van der Waals surface area (Å²) in [5.41, 5.74) is 0.484. The number of hydrogen-bond donors (Lipinski definition) is 1. The summed E-state index contributed by atoms with van der Waals surface area (Å²) >= 11 is 1.94. The quantitative estimate of drug-likeness (QED) is 0.680. The Morgan fingerprint density at radius 1 is 1.27 bits per heavy atom. The van der Waals surface area contributed by atoms with Crippen LogP contribution < -0.4 is 5.32 Å². The van der Waals surface area contributed by atoms with Crippen LogP contribution in [0.15, 0.2) is 0 Å². The van der Waals surface area contributed by atoms with Crippen LogP contribution in [0.4, 0.5) is 0 Å². The lowest BCUT2D eigenvalue weighted by Crippen LogP contribution is -2.37. The van der Waals surface area contributed by atoms with Crippen LogP contribution in [-0.4, -0.2) is 38.3 Å². The largest absolute Gasteiger partial charge is 0.381 e. The van der Waals surface area contributed by atoms with E-state index in [0.29, 0.717) is 5.41 Å². The Bertz CT molecular complexity index is 158. The molecule has 0 aromatic heterocycles. The molecule has 3 heteroatoms. The van der Waals surface area contributed by atoms with Crippen molar-refractivity contribution in [3.63, 3.8) is 0 Å². The molecule has 0 aromatic rings.